The Morgan fingerprint density at radius 2 is 2.00 bits per heavy atom. The van der Waals surface area contributed by atoms with Gasteiger partial charge in [0.15, 0.2) is 5.60 Å². The zero-order valence-corrected chi connectivity index (χ0v) is 16.0. The van der Waals surface area contributed by atoms with E-state index in [4.69, 9.17) is 11.6 Å². The molecule has 154 valence electrons. The lowest BCUT2D eigenvalue weighted by molar-refractivity contribution is -0.272. The number of rotatable bonds is 2. The zero-order chi connectivity index (χ0) is 21.1. The van der Waals surface area contributed by atoms with Gasteiger partial charge >= 0.3 is 6.18 Å². The van der Waals surface area contributed by atoms with Crippen molar-refractivity contribution in [1.29, 1.82) is 0 Å². The Bertz CT molecular complexity index is 1010. The topological polar surface area (TPSA) is 81.6 Å². The van der Waals surface area contributed by atoms with Crippen LogP contribution in [-0.4, -0.2) is 27.9 Å². The van der Waals surface area contributed by atoms with Crippen molar-refractivity contribution in [2.24, 2.45) is 0 Å². The molecule has 0 saturated carbocycles. The van der Waals surface area contributed by atoms with Gasteiger partial charge in [-0.2, -0.15) is 13.2 Å². The van der Waals surface area contributed by atoms with Crippen LogP contribution in [0.2, 0.25) is 5.02 Å². The summed E-state index contributed by atoms with van der Waals surface area (Å²) in [4.78, 5) is 11.7. The van der Waals surface area contributed by atoms with Crippen LogP contribution < -0.4 is 10.6 Å². The van der Waals surface area contributed by atoms with Gasteiger partial charge in [0, 0.05) is 22.5 Å². The quantitative estimate of drug-likeness (QED) is 0.570. The molecule has 0 radical (unpaired) electrons. The zero-order valence-electron chi connectivity index (χ0n) is 15.3. The second kappa shape index (κ2) is 6.53. The van der Waals surface area contributed by atoms with Gasteiger partial charge in [-0.25, -0.2) is 0 Å². The molecule has 5 nitrogen and oxygen atoms in total. The van der Waals surface area contributed by atoms with E-state index in [2.05, 4.69) is 10.6 Å². The average molecular weight is 427 g/mol. The monoisotopic (exact) mass is 426 g/mol. The molecule has 2 aliphatic rings. The van der Waals surface area contributed by atoms with Gasteiger partial charge < -0.3 is 20.8 Å². The molecular weight excluding hydrogens is 409 g/mol. The second-order valence-electron chi connectivity index (χ2n) is 7.56. The third-order valence-electron chi connectivity index (χ3n) is 5.68. The van der Waals surface area contributed by atoms with Crippen LogP contribution in [-0.2, 0) is 11.2 Å². The van der Waals surface area contributed by atoms with Gasteiger partial charge in [0.2, 0.25) is 5.91 Å². The first-order valence-electron chi connectivity index (χ1n) is 9.01. The van der Waals surface area contributed by atoms with Crippen LogP contribution in [0.5, 0.6) is 5.75 Å². The number of anilines is 2. The highest BCUT2D eigenvalue weighted by atomic mass is 35.5. The number of aliphatic hydroxyl groups is 1. The van der Waals surface area contributed by atoms with Crippen LogP contribution in [0.25, 0.3) is 0 Å². The lowest BCUT2D eigenvalue weighted by atomic mass is 9.70. The van der Waals surface area contributed by atoms with Crippen LogP contribution in [0.4, 0.5) is 24.5 Å². The number of phenolic OH excluding ortho intramolecular Hbond substituents is 1. The van der Waals surface area contributed by atoms with Crippen molar-refractivity contribution in [2.45, 2.75) is 43.5 Å². The number of fused-ring (bicyclic) bond motifs is 2. The maximum absolute atomic E-state index is 14.0. The van der Waals surface area contributed by atoms with Crippen LogP contribution in [0.1, 0.15) is 42.0 Å². The van der Waals surface area contributed by atoms with Crippen molar-refractivity contribution in [3.05, 3.63) is 52.0 Å². The van der Waals surface area contributed by atoms with E-state index < -0.39 is 30.2 Å². The number of halogens is 4. The summed E-state index contributed by atoms with van der Waals surface area (Å²) in [7, 11) is 0. The minimum absolute atomic E-state index is 0.0187. The smallest absolute Gasteiger partial charge is 0.419 e. The number of amides is 1. The van der Waals surface area contributed by atoms with E-state index in [0.717, 1.165) is 0 Å². The fourth-order valence-electron chi connectivity index (χ4n) is 4.33. The van der Waals surface area contributed by atoms with Gasteiger partial charge in [-0.15, -0.1) is 0 Å². The van der Waals surface area contributed by atoms with Crippen molar-refractivity contribution < 1.29 is 28.2 Å². The molecule has 2 aromatic carbocycles. The molecule has 1 aliphatic carbocycles. The summed E-state index contributed by atoms with van der Waals surface area (Å²) in [5.74, 6) is -1.33. The summed E-state index contributed by atoms with van der Waals surface area (Å²) in [6.45, 7) is 1.50. The molecule has 1 amide bonds. The maximum atomic E-state index is 14.0. The minimum atomic E-state index is -4.93. The lowest BCUT2D eigenvalue weighted by Gasteiger charge is -2.45. The number of nitrogens with one attached hydrogen (secondary N) is 2. The summed E-state index contributed by atoms with van der Waals surface area (Å²) in [6, 6.07) is 5.91. The maximum Gasteiger partial charge on any atom is 0.419 e. The van der Waals surface area contributed by atoms with Crippen LogP contribution in [0.15, 0.2) is 30.3 Å². The second-order valence-corrected chi connectivity index (χ2v) is 7.97. The summed E-state index contributed by atoms with van der Waals surface area (Å²) in [5, 5.41) is 26.7. The van der Waals surface area contributed by atoms with E-state index in [1.165, 1.54) is 19.1 Å². The highest BCUT2D eigenvalue weighted by Crippen LogP contribution is 2.55. The Balaban J connectivity index is 1.88. The average Bonchev–Trinajstić information content (AvgIpc) is 3.01. The Kier molecular flexibility index (Phi) is 4.47. The van der Waals surface area contributed by atoms with E-state index in [1.54, 1.807) is 18.2 Å². The van der Waals surface area contributed by atoms with Gasteiger partial charge in [0.05, 0.1) is 17.5 Å². The highest BCUT2D eigenvalue weighted by Gasteiger charge is 2.62. The molecule has 1 aliphatic heterocycles. The third-order valence-corrected chi connectivity index (χ3v) is 5.98. The molecule has 4 rings (SSSR count). The van der Waals surface area contributed by atoms with E-state index >= 15 is 0 Å². The standard InChI is InChI=1S/C20H18ClF3N2O3/c1-9-8-19(29,20(22,23)24)18(10-5-6-12(21)17(28)16(9)10)26-14-4-2-3-13-11(14)7-15(27)25-13/h2-6,9,18,26,28-29H,7-8H2,1H3,(H,25,27)/t9-,18?,19-/m1/s1. The number of carbonyl (C=O) groups is 1. The highest BCUT2D eigenvalue weighted by molar-refractivity contribution is 6.32. The predicted molar refractivity (Wildman–Crippen MR) is 102 cm³/mol. The van der Waals surface area contributed by atoms with Crippen molar-refractivity contribution in [3.8, 4) is 5.75 Å². The Hall–Kier alpha value is -2.45. The van der Waals surface area contributed by atoms with E-state index in [0.29, 0.717) is 16.9 Å². The molecule has 0 aromatic heterocycles. The molecule has 1 unspecified atom stereocenters. The van der Waals surface area contributed by atoms with Crippen LogP contribution >= 0.6 is 11.6 Å². The summed E-state index contributed by atoms with van der Waals surface area (Å²) < 4.78 is 42.0. The Morgan fingerprint density at radius 3 is 2.69 bits per heavy atom. The first-order valence-corrected chi connectivity index (χ1v) is 9.39. The van der Waals surface area contributed by atoms with Gasteiger partial charge in [0.25, 0.3) is 0 Å². The molecule has 29 heavy (non-hydrogen) atoms. The van der Waals surface area contributed by atoms with E-state index in [1.807, 2.05) is 0 Å². The number of alkyl halides is 3. The molecule has 0 fully saturated rings. The lowest BCUT2D eigenvalue weighted by Crippen LogP contribution is -2.55. The number of hydrogen-bond donors (Lipinski definition) is 4. The fourth-order valence-corrected chi connectivity index (χ4v) is 4.49. The fraction of sp³-hybridized carbons (Fsp3) is 0.350. The summed E-state index contributed by atoms with van der Waals surface area (Å²) in [5.41, 5.74) is -1.35. The molecule has 3 atom stereocenters. The van der Waals surface area contributed by atoms with Gasteiger partial charge in [0.1, 0.15) is 5.75 Å². The van der Waals surface area contributed by atoms with Gasteiger partial charge in [-0.3, -0.25) is 4.79 Å². The van der Waals surface area contributed by atoms with Crippen LogP contribution in [0, 0.1) is 0 Å². The SMILES string of the molecule is C[C@@H]1C[C@](O)(C(F)(F)F)C(Nc2cccc3c2CC(=O)N3)c2ccc(Cl)c(O)c21. The predicted octanol–water partition coefficient (Wildman–Crippen LogP) is 4.49. The van der Waals surface area contributed by atoms with Crippen molar-refractivity contribution in [2.75, 3.05) is 10.6 Å². The molecule has 0 spiro atoms. The molecule has 0 saturated heterocycles. The Morgan fingerprint density at radius 1 is 1.28 bits per heavy atom. The molecule has 1 heterocycles. The van der Waals surface area contributed by atoms with Gasteiger partial charge in [-0.1, -0.05) is 30.7 Å². The number of hydrogen-bond acceptors (Lipinski definition) is 4. The number of aromatic hydroxyl groups is 1. The largest absolute Gasteiger partial charge is 0.506 e. The third kappa shape index (κ3) is 3.02. The summed E-state index contributed by atoms with van der Waals surface area (Å²) in [6.07, 6.45) is -5.57. The Labute approximate surface area is 169 Å². The number of benzene rings is 2. The first kappa shape index (κ1) is 19.8. The first-order chi connectivity index (χ1) is 13.5. The van der Waals surface area contributed by atoms with Gasteiger partial charge in [-0.05, 0) is 36.1 Å². The number of carbonyl (C=O) groups excluding carboxylic acids is 1. The van der Waals surface area contributed by atoms with Crippen LogP contribution in [0.3, 0.4) is 0 Å². The molecule has 4 N–H and O–H groups in total. The molecule has 2 aromatic rings. The van der Waals surface area contributed by atoms with E-state index in [9.17, 15) is 28.2 Å². The van der Waals surface area contributed by atoms with E-state index in [-0.39, 0.29) is 34.2 Å². The van der Waals surface area contributed by atoms with Crippen molar-refractivity contribution in [3.63, 3.8) is 0 Å². The number of phenols is 1. The molecule has 0 bridgehead atoms. The van der Waals surface area contributed by atoms with Crippen molar-refractivity contribution in [1.82, 2.24) is 0 Å². The van der Waals surface area contributed by atoms with Crippen molar-refractivity contribution >= 4 is 28.9 Å². The molecule has 9 heteroatoms. The minimum Gasteiger partial charge on any atom is -0.506 e. The molecular formula is C20H18ClF3N2O3. The normalized spacial score (nSPS) is 25.9. The summed E-state index contributed by atoms with van der Waals surface area (Å²) >= 11 is 5.97.